The van der Waals surface area contributed by atoms with E-state index >= 15 is 0 Å². The summed E-state index contributed by atoms with van der Waals surface area (Å²) < 4.78 is 44.5. The highest BCUT2D eigenvalue weighted by molar-refractivity contribution is 7.89. The number of rotatable bonds is 4. The van der Waals surface area contributed by atoms with E-state index in [2.05, 4.69) is 5.16 Å². The summed E-state index contributed by atoms with van der Waals surface area (Å²) in [4.78, 5) is 0.0955. The summed E-state index contributed by atoms with van der Waals surface area (Å²) >= 11 is 0. The molecule has 0 aliphatic heterocycles. The maximum Gasteiger partial charge on any atom is 0.243 e. The second-order valence-corrected chi connectivity index (χ2v) is 6.99. The zero-order valence-corrected chi connectivity index (χ0v) is 13.2. The van der Waals surface area contributed by atoms with Crippen LogP contribution in [-0.4, -0.2) is 24.9 Å². The van der Waals surface area contributed by atoms with Crippen LogP contribution < -0.4 is 0 Å². The predicted molar refractivity (Wildman–Crippen MR) is 75.8 cm³/mol. The summed E-state index contributed by atoms with van der Waals surface area (Å²) in [5.74, 6) is 0.130. The van der Waals surface area contributed by atoms with Crippen molar-refractivity contribution in [3.63, 3.8) is 0 Å². The van der Waals surface area contributed by atoms with E-state index in [0.29, 0.717) is 17.0 Å². The van der Waals surface area contributed by atoms with Crippen molar-refractivity contribution in [1.29, 1.82) is 0 Å². The van der Waals surface area contributed by atoms with E-state index < -0.39 is 15.8 Å². The van der Waals surface area contributed by atoms with Gasteiger partial charge in [0.05, 0.1) is 10.6 Å². The van der Waals surface area contributed by atoms with Crippen LogP contribution in [0.2, 0.25) is 0 Å². The lowest BCUT2D eigenvalue weighted by molar-refractivity contribution is 0.390. The molecule has 114 valence electrons. The molecular weight excluding hydrogens is 295 g/mol. The number of aryl methyl sites for hydroxylation is 3. The van der Waals surface area contributed by atoms with Crippen LogP contribution in [0.5, 0.6) is 0 Å². The Morgan fingerprint density at radius 2 is 1.95 bits per heavy atom. The highest BCUT2D eigenvalue weighted by atomic mass is 32.2. The van der Waals surface area contributed by atoms with Gasteiger partial charge in [-0.05, 0) is 44.5 Å². The molecule has 1 aromatic carbocycles. The molecule has 21 heavy (non-hydrogen) atoms. The van der Waals surface area contributed by atoms with E-state index in [9.17, 15) is 12.8 Å². The first-order valence-electron chi connectivity index (χ1n) is 6.37. The van der Waals surface area contributed by atoms with Crippen LogP contribution >= 0.6 is 0 Å². The van der Waals surface area contributed by atoms with Gasteiger partial charge in [-0.15, -0.1) is 0 Å². The summed E-state index contributed by atoms with van der Waals surface area (Å²) in [5, 5.41) is 3.81. The van der Waals surface area contributed by atoms with Crippen LogP contribution in [0.15, 0.2) is 27.6 Å². The number of halogens is 1. The zero-order chi connectivity index (χ0) is 15.8. The largest absolute Gasteiger partial charge is 0.361 e. The second-order valence-electron chi connectivity index (χ2n) is 4.97. The Hall–Kier alpha value is -1.73. The lowest BCUT2D eigenvalue weighted by atomic mass is 10.2. The fourth-order valence-electron chi connectivity index (χ4n) is 2.11. The van der Waals surface area contributed by atoms with Crippen molar-refractivity contribution in [3.05, 3.63) is 46.6 Å². The molecule has 0 bridgehead atoms. The minimum Gasteiger partial charge on any atom is -0.361 e. The lowest BCUT2D eigenvalue weighted by Gasteiger charge is -2.18. The molecule has 7 heteroatoms. The monoisotopic (exact) mass is 312 g/mol. The first kappa shape index (κ1) is 15.7. The van der Waals surface area contributed by atoms with Crippen LogP contribution in [-0.2, 0) is 16.6 Å². The van der Waals surface area contributed by atoms with Gasteiger partial charge in [0.15, 0.2) is 0 Å². The molecule has 0 radical (unpaired) electrons. The first-order chi connectivity index (χ1) is 9.73. The standard InChI is InChI=1S/C14H17FN2O3S/c1-9-7-12(15)5-6-14(9)21(18,19)17(4)8-13-10(2)16-20-11(13)3/h5-7H,8H2,1-4H3. The fraction of sp³-hybridized carbons (Fsp3) is 0.357. The van der Waals surface area contributed by atoms with Gasteiger partial charge >= 0.3 is 0 Å². The molecule has 5 nitrogen and oxygen atoms in total. The van der Waals surface area contributed by atoms with Crippen molar-refractivity contribution in [1.82, 2.24) is 9.46 Å². The van der Waals surface area contributed by atoms with E-state index in [1.165, 1.54) is 23.5 Å². The highest BCUT2D eigenvalue weighted by Crippen LogP contribution is 2.23. The average molecular weight is 312 g/mol. The lowest BCUT2D eigenvalue weighted by Crippen LogP contribution is -2.27. The Morgan fingerprint density at radius 1 is 1.29 bits per heavy atom. The van der Waals surface area contributed by atoms with E-state index in [4.69, 9.17) is 4.52 Å². The third kappa shape index (κ3) is 2.98. The van der Waals surface area contributed by atoms with Gasteiger partial charge in [0.2, 0.25) is 10.0 Å². The summed E-state index contributed by atoms with van der Waals surface area (Å²) in [6, 6.07) is 3.63. The van der Waals surface area contributed by atoms with E-state index in [0.717, 1.165) is 11.6 Å². The van der Waals surface area contributed by atoms with Crippen molar-refractivity contribution in [2.45, 2.75) is 32.2 Å². The zero-order valence-electron chi connectivity index (χ0n) is 12.3. The Balaban J connectivity index is 2.35. The molecule has 0 saturated carbocycles. The molecule has 0 fully saturated rings. The third-order valence-corrected chi connectivity index (χ3v) is 5.35. The maximum absolute atomic E-state index is 13.1. The summed E-state index contributed by atoms with van der Waals surface area (Å²) in [6.07, 6.45) is 0. The predicted octanol–water partition coefficient (Wildman–Crippen LogP) is 2.56. The van der Waals surface area contributed by atoms with Gasteiger partial charge in [-0.25, -0.2) is 12.8 Å². The number of hydrogen-bond donors (Lipinski definition) is 0. The van der Waals surface area contributed by atoms with Gasteiger partial charge in [0.1, 0.15) is 11.6 Å². The molecular formula is C14H17FN2O3S. The highest BCUT2D eigenvalue weighted by Gasteiger charge is 2.25. The molecule has 2 rings (SSSR count). The normalized spacial score (nSPS) is 12.1. The smallest absolute Gasteiger partial charge is 0.243 e. The molecule has 0 aliphatic rings. The SMILES string of the molecule is Cc1cc(F)ccc1S(=O)(=O)N(C)Cc1c(C)noc1C. The second kappa shape index (κ2) is 5.57. The number of benzene rings is 1. The molecule has 0 amide bonds. The first-order valence-corrected chi connectivity index (χ1v) is 7.81. The summed E-state index contributed by atoms with van der Waals surface area (Å²) in [5.41, 5.74) is 1.77. The van der Waals surface area contributed by atoms with Crippen molar-refractivity contribution in [2.24, 2.45) is 0 Å². The Labute approximate surface area is 123 Å². The molecule has 0 unspecified atom stereocenters. The summed E-state index contributed by atoms with van der Waals surface area (Å²) in [7, 11) is -2.22. The van der Waals surface area contributed by atoms with Crippen molar-refractivity contribution < 1.29 is 17.3 Å². The quantitative estimate of drug-likeness (QED) is 0.870. The van der Waals surface area contributed by atoms with Gasteiger partial charge in [-0.2, -0.15) is 4.31 Å². The molecule has 0 aliphatic carbocycles. The molecule has 0 saturated heterocycles. The van der Waals surface area contributed by atoms with Crippen molar-refractivity contribution in [3.8, 4) is 0 Å². The molecule has 0 atom stereocenters. The average Bonchev–Trinajstić information content (AvgIpc) is 2.70. The van der Waals surface area contributed by atoms with Gasteiger partial charge in [-0.3, -0.25) is 0 Å². The number of aromatic nitrogens is 1. The van der Waals surface area contributed by atoms with Gasteiger partial charge in [-0.1, -0.05) is 5.16 Å². The fourth-order valence-corrected chi connectivity index (χ4v) is 3.45. The van der Waals surface area contributed by atoms with Gasteiger partial charge in [0, 0.05) is 19.2 Å². The van der Waals surface area contributed by atoms with Crippen LogP contribution in [0.3, 0.4) is 0 Å². The number of sulfonamides is 1. The van der Waals surface area contributed by atoms with Crippen LogP contribution in [0, 0.1) is 26.6 Å². The minimum atomic E-state index is -3.70. The Kier molecular flexibility index (Phi) is 4.15. The molecule has 0 spiro atoms. The van der Waals surface area contributed by atoms with Crippen LogP contribution in [0.1, 0.15) is 22.6 Å². The Morgan fingerprint density at radius 3 is 2.48 bits per heavy atom. The molecule has 1 aromatic heterocycles. The Bertz CT molecular complexity index is 749. The van der Waals surface area contributed by atoms with Crippen molar-refractivity contribution in [2.75, 3.05) is 7.05 Å². The number of nitrogens with zero attached hydrogens (tertiary/aromatic N) is 2. The van der Waals surface area contributed by atoms with Crippen LogP contribution in [0.25, 0.3) is 0 Å². The minimum absolute atomic E-state index is 0.0955. The molecule has 0 N–H and O–H groups in total. The topological polar surface area (TPSA) is 63.4 Å². The summed E-state index contributed by atoms with van der Waals surface area (Å²) in [6.45, 7) is 5.22. The van der Waals surface area contributed by atoms with Gasteiger partial charge < -0.3 is 4.52 Å². The number of hydrogen-bond acceptors (Lipinski definition) is 4. The van der Waals surface area contributed by atoms with E-state index in [1.807, 2.05) is 0 Å². The van der Waals surface area contributed by atoms with E-state index in [1.54, 1.807) is 20.8 Å². The third-order valence-electron chi connectivity index (χ3n) is 3.39. The molecule has 2 aromatic rings. The van der Waals surface area contributed by atoms with Gasteiger partial charge in [0.25, 0.3) is 0 Å². The van der Waals surface area contributed by atoms with Crippen LogP contribution in [0.4, 0.5) is 4.39 Å². The van der Waals surface area contributed by atoms with Crippen molar-refractivity contribution >= 4 is 10.0 Å². The van der Waals surface area contributed by atoms with E-state index in [-0.39, 0.29) is 11.4 Å². The molecule has 1 heterocycles. The maximum atomic E-state index is 13.1.